The Morgan fingerprint density at radius 2 is 1.96 bits per heavy atom. The van der Waals surface area contributed by atoms with Crippen LogP contribution in [0, 0.1) is 5.82 Å². The molecule has 1 aliphatic heterocycles. The van der Waals surface area contributed by atoms with Gasteiger partial charge in [0.1, 0.15) is 5.82 Å². The molecule has 5 nitrogen and oxygen atoms in total. The minimum absolute atomic E-state index is 0.0176. The number of rotatable bonds is 5. The number of hydrogen-bond acceptors (Lipinski definition) is 3. The van der Waals surface area contributed by atoms with Crippen LogP contribution in [-0.4, -0.2) is 43.4 Å². The topological polar surface area (TPSA) is 52.7 Å². The van der Waals surface area contributed by atoms with E-state index in [9.17, 15) is 14.0 Å². The summed E-state index contributed by atoms with van der Waals surface area (Å²) in [5.74, 6) is -0.891. The fraction of sp³-hybridized carbons (Fsp3) is 0.300. The molecule has 1 aliphatic rings. The zero-order valence-corrected chi connectivity index (χ0v) is 15.8. The van der Waals surface area contributed by atoms with Gasteiger partial charge in [0.2, 0.25) is 11.8 Å². The van der Waals surface area contributed by atoms with Crippen LogP contribution in [0.2, 0.25) is 5.02 Å². The van der Waals surface area contributed by atoms with Crippen molar-refractivity contribution in [1.82, 2.24) is 4.90 Å². The van der Waals surface area contributed by atoms with Crippen LogP contribution in [0.1, 0.15) is 12.0 Å². The standard InChI is InChI=1S/C20H21ClFN3O2/c1-24(12-18(26)23-17-10-3-2-8-15(17)21)13-19(27)25-11-5-7-14-6-4-9-16(22)20(14)25/h2-4,6,8-10H,5,7,11-13H2,1H3,(H,23,26). The Morgan fingerprint density at radius 1 is 1.19 bits per heavy atom. The lowest BCUT2D eigenvalue weighted by molar-refractivity contribution is -0.121. The van der Waals surface area contributed by atoms with E-state index in [1.807, 2.05) is 6.07 Å². The van der Waals surface area contributed by atoms with Crippen LogP contribution in [0.5, 0.6) is 0 Å². The first-order valence-corrected chi connectivity index (χ1v) is 9.14. The number of likely N-dealkylation sites (N-methyl/N-ethyl adjacent to an activating group) is 1. The summed E-state index contributed by atoms with van der Waals surface area (Å²) in [6, 6.07) is 11.8. The van der Waals surface area contributed by atoms with Crippen LogP contribution in [0.15, 0.2) is 42.5 Å². The maximum absolute atomic E-state index is 14.2. The van der Waals surface area contributed by atoms with E-state index in [2.05, 4.69) is 5.32 Å². The third-order valence-corrected chi connectivity index (χ3v) is 4.77. The predicted octanol–water partition coefficient (Wildman–Crippen LogP) is 3.33. The summed E-state index contributed by atoms with van der Waals surface area (Å²) in [6.45, 7) is 0.519. The molecule has 27 heavy (non-hydrogen) atoms. The van der Waals surface area contributed by atoms with Crippen molar-refractivity contribution < 1.29 is 14.0 Å². The van der Waals surface area contributed by atoms with Gasteiger partial charge in [-0.25, -0.2) is 4.39 Å². The van der Waals surface area contributed by atoms with Crippen molar-refractivity contribution in [2.24, 2.45) is 0 Å². The average Bonchev–Trinajstić information content (AvgIpc) is 2.63. The first kappa shape index (κ1) is 19.3. The summed E-state index contributed by atoms with van der Waals surface area (Å²) in [6.07, 6.45) is 1.55. The molecule has 0 saturated carbocycles. The monoisotopic (exact) mass is 389 g/mol. The van der Waals surface area contributed by atoms with Crippen molar-refractivity contribution in [3.63, 3.8) is 0 Å². The summed E-state index contributed by atoms with van der Waals surface area (Å²) in [4.78, 5) is 28.0. The summed E-state index contributed by atoms with van der Waals surface area (Å²) in [5, 5.41) is 3.17. The van der Waals surface area contributed by atoms with Gasteiger partial charge in [0.15, 0.2) is 0 Å². The maximum atomic E-state index is 14.2. The van der Waals surface area contributed by atoms with Gasteiger partial charge in [0, 0.05) is 6.54 Å². The number of hydrogen-bond donors (Lipinski definition) is 1. The molecule has 2 amide bonds. The van der Waals surface area contributed by atoms with Gasteiger partial charge < -0.3 is 10.2 Å². The molecule has 0 saturated heterocycles. The lowest BCUT2D eigenvalue weighted by Gasteiger charge is -2.31. The highest BCUT2D eigenvalue weighted by Crippen LogP contribution is 2.30. The third kappa shape index (κ3) is 4.64. The van der Waals surface area contributed by atoms with E-state index in [4.69, 9.17) is 11.6 Å². The van der Waals surface area contributed by atoms with E-state index >= 15 is 0 Å². The number of anilines is 2. The fourth-order valence-electron chi connectivity index (χ4n) is 3.22. The van der Waals surface area contributed by atoms with Gasteiger partial charge in [0.05, 0.1) is 29.5 Å². The van der Waals surface area contributed by atoms with Gasteiger partial charge in [-0.15, -0.1) is 0 Å². The fourth-order valence-corrected chi connectivity index (χ4v) is 3.41. The molecule has 142 valence electrons. The van der Waals surface area contributed by atoms with Crippen molar-refractivity contribution in [3.8, 4) is 0 Å². The SMILES string of the molecule is CN(CC(=O)Nc1ccccc1Cl)CC(=O)N1CCCc2cccc(F)c21. The lowest BCUT2D eigenvalue weighted by atomic mass is 10.0. The molecule has 2 aromatic carbocycles. The number of carbonyl (C=O) groups is 2. The minimum atomic E-state index is -0.389. The largest absolute Gasteiger partial charge is 0.324 e. The smallest absolute Gasteiger partial charge is 0.241 e. The Labute approximate surface area is 162 Å². The third-order valence-electron chi connectivity index (χ3n) is 4.44. The highest BCUT2D eigenvalue weighted by molar-refractivity contribution is 6.33. The van der Waals surface area contributed by atoms with Crippen molar-refractivity contribution in [2.75, 3.05) is 36.9 Å². The van der Waals surface area contributed by atoms with E-state index in [1.54, 1.807) is 42.3 Å². The molecule has 0 aromatic heterocycles. The Balaban J connectivity index is 1.60. The first-order chi connectivity index (χ1) is 13.0. The quantitative estimate of drug-likeness (QED) is 0.853. The molecule has 1 N–H and O–H groups in total. The second kappa shape index (κ2) is 8.50. The Morgan fingerprint density at radius 3 is 2.74 bits per heavy atom. The highest BCUT2D eigenvalue weighted by Gasteiger charge is 2.26. The molecule has 0 spiro atoms. The Bertz CT molecular complexity index is 859. The van der Waals surface area contributed by atoms with E-state index < -0.39 is 0 Å². The second-order valence-electron chi connectivity index (χ2n) is 6.60. The van der Waals surface area contributed by atoms with E-state index in [-0.39, 0.29) is 30.7 Å². The number of nitrogens with one attached hydrogen (secondary N) is 1. The Hall–Kier alpha value is -2.44. The number of amides is 2. The number of para-hydroxylation sites is 2. The van der Waals surface area contributed by atoms with Gasteiger partial charge >= 0.3 is 0 Å². The number of halogens is 2. The molecular weight excluding hydrogens is 369 g/mol. The van der Waals surface area contributed by atoms with Gasteiger partial charge in [-0.3, -0.25) is 14.5 Å². The van der Waals surface area contributed by atoms with Gasteiger partial charge in [-0.2, -0.15) is 0 Å². The zero-order chi connectivity index (χ0) is 19.4. The molecule has 0 bridgehead atoms. The van der Waals surface area contributed by atoms with Crippen molar-refractivity contribution in [1.29, 1.82) is 0 Å². The molecule has 0 unspecified atom stereocenters. The van der Waals surface area contributed by atoms with Crippen LogP contribution in [0.4, 0.5) is 15.8 Å². The first-order valence-electron chi connectivity index (χ1n) is 8.76. The normalized spacial score (nSPS) is 13.4. The van der Waals surface area contributed by atoms with Crippen molar-refractivity contribution in [2.45, 2.75) is 12.8 Å². The summed E-state index contributed by atoms with van der Waals surface area (Å²) < 4.78 is 14.2. The van der Waals surface area contributed by atoms with Crippen molar-refractivity contribution in [3.05, 3.63) is 58.9 Å². The summed E-state index contributed by atoms with van der Waals surface area (Å²) in [5.41, 5.74) is 1.73. The summed E-state index contributed by atoms with van der Waals surface area (Å²) >= 11 is 6.03. The van der Waals surface area contributed by atoms with E-state index in [0.717, 1.165) is 18.4 Å². The number of fused-ring (bicyclic) bond motifs is 1. The molecule has 3 rings (SSSR count). The molecule has 0 atom stereocenters. The van der Waals surface area contributed by atoms with E-state index in [1.165, 1.54) is 11.0 Å². The lowest BCUT2D eigenvalue weighted by Crippen LogP contribution is -2.43. The van der Waals surface area contributed by atoms with Crippen LogP contribution >= 0.6 is 11.6 Å². The van der Waals surface area contributed by atoms with Gasteiger partial charge in [0.25, 0.3) is 0 Å². The molecule has 1 heterocycles. The van der Waals surface area contributed by atoms with Gasteiger partial charge in [-0.1, -0.05) is 35.9 Å². The van der Waals surface area contributed by atoms with Crippen LogP contribution in [-0.2, 0) is 16.0 Å². The average molecular weight is 390 g/mol. The molecule has 7 heteroatoms. The highest BCUT2D eigenvalue weighted by atomic mass is 35.5. The minimum Gasteiger partial charge on any atom is -0.324 e. The van der Waals surface area contributed by atoms with Crippen molar-refractivity contribution >= 4 is 34.8 Å². The van der Waals surface area contributed by atoms with Crippen LogP contribution < -0.4 is 10.2 Å². The maximum Gasteiger partial charge on any atom is 0.241 e. The van der Waals surface area contributed by atoms with E-state index in [0.29, 0.717) is 22.9 Å². The molecule has 0 radical (unpaired) electrons. The number of aryl methyl sites for hydroxylation is 1. The molecule has 0 aliphatic carbocycles. The van der Waals surface area contributed by atoms with Gasteiger partial charge in [-0.05, 0) is 43.7 Å². The number of nitrogens with zero attached hydrogens (tertiary/aromatic N) is 2. The Kier molecular flexibility index (Phi) is 6.08. The number of benzene rings is 2. The number of carbonyl (C=O) groups excluding carboxylic acids is 2. The summed E-state index contributed by atoms with van der Waals surface area (Å²) in [7, 11) is 1.68. The molecule has 0 fully saturated rings. The predicted molar refractivity (Wildman–Crippen MR) is 105 cm³/mol. The van der Waals surface area contributed by atoms with Crippen LogP contribution in [0.3, 0.4) is 0 Å². The van der Waals surface area contributed by atoms with Crippen LogP contribution in [0.25, 0.3) is 0 Å². The molecule has 2 aromatic rings. The zero-order valence-electron chi connectivity index (χ0n) is 15.0. The molecular formula is C20H21ClFN3O2. The second-order valence-corrected chi connectivity index (χ2v) is 7.00.